The predicted octanol–water partition coefficient (Wildman–Crippen LogP) is 2.92. The predicted molar refractivity (Wildman–Crippen MR) is 73.1 cm³/mol. The van der Waals surface area contributed by atoms with Gasteiger partial charge in [0.15, 0.2) is 11.6 Å². The van der Waals surface area contributed by atoms with Crippen molar-refractivity contribution in [1.29, 1.82) is 0 Å². The van der Waals surface area contributed by atoms with E-state index < -0.39 is 17.7 Å². The Kier molecular flexibility index (Phi) is 4.65. The Morgan fingerprint density at radius 2 is 1.85 bits per heavy atom. The molecule has 0 spiro atoms. The summed E-state index contributed by atoms with van der Waals surface area (Å²) in [6.07, 6.45) is 0. The summed E-state index contributed by atoms with van der Waals surface area (Å²) in [6.45, 7) is 2.46. The molecule has 0 heterocycles. The van der Waals surface area contributed by atoms with Crippen LogP contribution in [0.1, 0.15) is 24.1 Å². The fourth-order valence-corrected chi connectivity index (χ4v) is 2.03. The second-order valence-electron chi connectivity index (χ2n) is 4.24. The molecule has 0 aliphatic heterocycles. The molecule has 5 heteroatoms. The molecular formula is C15H16F2N2O. The van der Waals surface area contributed by atoms with Crippen LogP contribution in [0.15, 0.2) is 42.5 Å². The summed E-state index contributed by atoms with van der Waals surface area (Å²) >= 11 is 0. The Balaban J connectivity index is 2.34. The zero-order chi connectivity index (χ0) is 14.5. The first-order valence-electron chi connectivity index (χ1n) is 6.30. The van der Waals surface area contributed by atoms with Crippen LogP contribution < -0.4 is 16.0 Å². The van der Waals surface area contributed by atoms with Gasteiger partial charge in [-0.15, -0.1) is 0 Å². The van der Waals surface area contributed by atoms with Crippen LogP contribution in [0.25, 0.3) is 0 Å². The minimum absolute atomic E-state index is 0.164. The summed E-state index contributed by atoms with van der Waals surface area (Å²) < 4.78 is 32.5. The summed E-state index contributed by atoms with van der Waals surface area (Å²) in [5, 5.41) is 0. The van der Waals surface area contributed by atoms with Gasteiger partial charge in [-0.25, -0.2) is 14.2 Å². The maximum absolute atomic E-state index is 13.8. The van der Waals surface area contributed by atoms with E-state index in [0.717, 1.165) is 11.6 Å². The van der Waals surface area contributed by atoms with E-state index in [9.17, 15) is 8.78 Å². The number of ether oxygens (including phenoxy) is 1. The molecule has 0 fully saturated rings. The third-order valence-corrected chi connectivity index (χ3v) is 2.98. The molecule has 2 rings (SSSR count). The molecule has 20 heavy (non-hydrogen) atoms. The molecule has 0 saturated heterocycles. The molecule has 3 nitrogen and oxygen atoms in total. The molecule has 0 aromatic heterocycles. The Hall–Kier alpha value is -1.98. The number of hydrogen-bond donors (Lipinski definition) is 2. The highest BCUT2D eigenvalue weighted by Gasteiger charge is 2.18. The van der Waals surface area contributed by atoms with E-state index in [1.54, 1.807) is 24.3 Å². The van der Waals surface area contributed by atoms with Crippen LogP contribution in [0, 0.1) is 11.6 Å². The van der Waals surface area contributed by atoms with Gasteiger partial charge in [-0.1, -0.05) is 24.3 Å². The zero-order valence-electron chi connectivity index (χ0n) is 11.1. The summed E-state index contributed by atoms with van der Waals surface area (Å²) in [5.41, 5.74) is 3.39. The highest BCUT2D eigenvalue weighted by Crippen LogP contribution is 2.26. The fourth-order valence-electron chi connectivity index (χ4n) is 2.03. The van der Waals surface area contributed by atoms with Crippen molar-refractivity contribution in [3.8, 4) is 5.75 Å². The van der Waals surface area contributed by atoms with Crippen LogP contribution in [-0.4, -0.2) is 6.61 Å². The molecule has 106 valence electrons. The number of hydrazine groups is 1. The van der Waals surface area contributed by atoms with Crippen molar-refractivity contribution in [2.24, 2.45) is 5.84 Å². The molecule has 1 unspecified atom stereocenters. The summed E-state index contributed by atoms with van der Waals surface area (Å²) in [6, 6.07) is 10.5. The lowest BCUT2D eigenvalue weighted by atomic mass is 9.98. The molecule has 0 bridgehead atoms. The Bertz CT molecular complexity index is 573. The maximum atomic E-state index is 13.8. The first-order chi connectivity index (χ1) is 9.67. The third kappa shape index (κ3) is 2.95. The van der Waals surface area contributed by atoms with Crippen molar-refractivity contribution >= 4 is 0 Å². The van der Waals surface area contributed by atoms with Crippen LogP contribution in [0.2, 0.25) is 0 Å². The Labute approximate surface area is 116 Å². The Morgan fingerprint density at radius 1 is 1.15 bits per heavy atom. The summed E-state index contributed by atoms with van der Waals surface area (Å²) in [7, 11) is 0. The van der Waals surface area contributed by atoms with Crippen molar-refractivity contribution in [1.82, 2.24) is 5.43 Å². The quantitative estimate of drug-likeness (QED) is 0.653. The van der Waals surface area contributed by atoms with Gasteiger partial charge in [-0.05, 0) is 30.7 Å². The van der Waals surface area contributed by atoms with E-state index in [4.69, 9.17) is 10.6 Å². The number of benzene rings is 2. The lowest BCUT2D eigenvalue weighted by Crippen LogP contribution is -2.29. The van der Waals surface area contributed by atoms with E-state index in [0.29, 0.717) is 12.4 Å². The highest BCUT2D eigenvalue weighted by atomic mass is 19.2. The first kappa shape index (κ1) is 14.4. The number of rotatable bonds is 5. The van der Waals surface area contributed by atoms with Gasteiger partial charge in [-0.2, -0.15) is 0 Å². The molecule has 1 atom stereocenters. The topological polar surface area (TPSA) is 47.3 Å². The SMILES string of the molecule is CCOc1ccc(C(NN)c2cccc(F)c2F)cc1. The smallest absolute Gasteiger partial charge is 0.163 e. The average Bonchev–Trinajstić information content (AvgIpc) is 2.46. The molecule has 3 N–H and O–H groups in total. The average molecular weight is 278 g/mol. The minimum Gasteiger partial charge on any atom is -0.494 e. The molecule has 0 radical (unpaired) electrons. The van der Waals surface area contributed by atoms with E-state index in [1.807, 2.05) is 6.92 Å². The number of nitrogens with two attached hydrogens (primary N) is 1. The van der Waals surface area contributed by atoms with Gasteiger partial charge >= 0.3 is 0 Å². The van der Waals surface area contributed by atoms with E-state index in [1.165, 1.54) is 12.1 Å². The van der Waals surface area contributed by atoms with Crippen molar-refractivity contribution < 1.29 is 13.5 Å². The van der Waals surface area contributed by atoms with E-state index in [-0.39, 0.29) is 5.56 Å². The summed E-state index contributed by atoms with van der Waals surface area (Å²) in [4.78, 5) is 0. The largest absolute Gasteiger partial charge is 0.494 e. The fraction of sp³-hybridized carbons (Fsp3) is 0.200. The number of nitrogens with one attached hydrogen (secondary N) is 1. The molecular weight excluding hydrogens is 262 g/mol. The monoisotopic (exact) mass is 278 g/mol. The van der Waals surface area contributed by atoms with E-state index in [2.05, 4.69) is 5.43 Å². The highest BCUT2D eigenvalue weighted by molar-refractivity contribution is 5.36. The lowest BCUT2D eigenvalue weighted by molar-refractivity contribution is 0.340. The van der Waals surface area contributed by atoms with Crippen molar-refractivity contribution in [3.63, 3.8) is 0 Å². The van der Waals surface area contributed by atoms with Gasteiger partial charge in [0.25, 0.3) is 0 Å². The van der Waals surface area contributed by atoms with Gasteiger partial charge < -0.3 is 4.74 Å². The van der Waals surface area contributed by atoms with Gasteiger partial charge in [0.05, 0.1) is 12.6 Å². The van der Waals surface area contributed by atoms with Crippen molar-refractivity contribution in [2.45, 2.75) is 13.0 Å². The molecule has 2 aromatic carbocycles. The normalized spacial score (nSPS) is 12.2. The van der Waals surface area contributed by atoms with Gasteiger partial charge in [-0.3, -0.25) is 5.84 Å². The van der Waals surface area contributed by atoms with E-state index >= 15 is 0 Å². The minimum atomic E-state index is -0.899. The van der Waals surface area contributed by atoms with Crippen molar-refractivity contribution in [3.05, 3.63) is 65.2 Å². The molecule has 0 saturated carbocycles. The third-order valence-electron chi connectivity index (χ3n) is 2.98. The maximum Gasteiger partial charge on any atom is 0.163 e. The zero-order valence-corrected chi connectivity index (χ0v) is 11.1. The lowest BCUT2D eigenvalue weighted by Gasteiger charge is -2.18. The van der Waals surface area contributed by atoms with Crippen LogP contribution in [-0.2, 0) is 0 Å². The van der Waals surface area contributed by atoms with Gasteiger partial charge in [0, 0.05) is 5.56 Å². The van der Waals surface area contributed by atoms with Gasteiger partial charge in [0.2, 0.25) is 0 Å². The second-order valence-corrected chi connectivity index (χ2v) is 4.24. The standard InChI is InChI=1S/C15H16F2N2O/c1-2-20-11-8-6-10(7-9-11)15(19-18)12-4-3-5-13(16)14(12)17/h3-9,15,19H,2,18H2,1H3. The Morgan fingerprint density at radius 3 is 2.45 bits per heavy atom. The number of halogens is 2. The number of hydrogen-bond acceptors (Lipinski definition) is 3. The first-order valence-corrected chi connectivity index (χ1v) is 6.30. The van der Waals surface area contributed by atoms with Crippen LogP contribution in [0.3, 0.4) is 0 Å². The second kappa shape index (κ2) is 6.45. The molecule has 0 aliphatic carbocycles. The van der Waals surface area contributed by atoms with Crippen LogP contribution in [0.4, 0.5) is 8.78 Å². The molecule has 0 amide bonds. The van der Waals surface area contributed by atoms with Crippen molar-refractivity contribution in [2.75, 3.05) is 6.61 Å². The van der Waals surface area contributed by atoms with Crippen LogP contribution in [0.5, 0.6) is 5.75 Å². The molecule has 2 aromatic rings. The summed E-state index contributed by atoms with van der Waals surface area (Å²) in [5.74, 6) is 4.40. The molecule has 0 aliphatic rings. The van der Waals surface area contributed by atoms with Gasteiger partial charge in [0.1, 0.15) is 5.75 Å². The van der Waals surface area contributed by atoms with Crippen LogP contribution >= 0.6 is 0 Å².